The number of nitrogens with zero attached hydrogens (tertiary/aromatic N) is 3. The van der Waals surface area contributed by atoms with Gasteiger partial charge in [-0.1, -0.05) is 52.0 Å². The van der Waals surface area contributed by atoms with Crippen molar-refractivity contribution < 1.29 is 33.0 Å². The summed E-state index contributed by atoms with van der Waals surface area (Å²) in [7, 11) is 2.55. The molecule has 2 fully saturated rings. The smallest absolute Gasteiger partial charge is 0.407 e. The minimum atomic E-state index is -0.726. The molecule has 0 bridgehead atoms. The first-order valence-electron chi connectivity index (χ1n) is 19.6. The molecule has 57 heavy (non-hydrogen) atoms. The van der Waals surface area contributed by atoms with E-state index in [2.05, 4.69) is 20.6 Å². The molecule has 4 N–H and O–H groups in total. The van der Waals surface area contributed by atoms with Gasteiger partial charge in [0.1, 0.15) is 23.7 Å². The van der Waals surface area contributed by atoms with Crippen LogP contribution in [0.3, 0.4) is 0 Å². The van der Waals surface area contributed by atoms with Crippen molar-refractivity contribution in [1.82, 2.24) is 35.4 Å². The fourth-order valence-electron chi connectivity index (χ4n) is 8.22. The van der Waals surface area contributed by atoms with Crippen molar-refractivity contribution in [1.29, 1.82) is 0 Å². The van der Waals surface area contributed by atoms with Crippen LogP contribution in [0.2, 0.25) is 0 Å². The van der Waals surface area contributed by atoms with E-state index in [1.807, 2.05) is 81.1 Å². The second-order valence-corrected chi connectivity index (χ2v) is 15.7. The Morgan fingerprint density at radius 3 is 1.91 bits per heavy atom. The third-order valence-corrected chi connectivity index (χ3v) is 11.3. The summed E-state index contributed by atoms with van der Waals surface area (Å²) in [6.07, 6.45) is 1.87. The fraction of sp³-hybridized carbons (Fsp3) is 0.419. The zero-order valence-electron chi connectivity index (χ0n) is 33.1. The van der Waals surface area contributed by atoms with Gasteiger partial charge in [0.15, 0.2) is 0 Å². The molecule has 14 heteroatoms. The number of ether oxygens (including phenoxy) is 2. The summed E-state index contributed by atoms with van der Waals surface area (Å²) in [5.74, 6) is -0.281. The SMILES string of the molecule is COC(=O)N[C@H](C(=O)N1CCC[C@H]1c1cc2cc(-c3ccc(-c4ccc5nc([C@@H]6CCCN6C(=O)[C@@H](NC(=O)OC)C(C)C)[nH]c5c4)cc3F)ccc2[nH]1)C(C)C. The van der Waals surface area contributed by atoms with E-state index in [1.54, 1.807) is 11.0 Å². The van der Waals surface area contributed by atoms with Crippen molar-refractivity contribution in [2.24, 2.45) is 11.8 Å². The van der Waals surface area contributed by atoms with Crippen LogP contribution in [0.25, 0.3) is 44.2 Å². The molecule has 3 aromatic carbocycles. The minimum Gasteiger partial charge on any atom is -0.453 e. The van der Waals surface area contributed by atoms with Gasteiger partial charge in [0.05, 0.1) is 37.3 Å². The van der Waals surface area contributed by atoms with Gasteiger partial charge in [-0.15, -0.1) is 0 Å². The second kappa shape index (κ2) is 16.3. The van der Waals surface area contributed by atoms with Crippen molar-refractivity contribution in [3.8, 4) is 22.3 Å². The number of alkyl carbamates (subject to hydrolysis) is 2. The molecule has 4 amide bonds. The lowest BCUT2D eigenvalue weighted by Crippen LogP contribution is -2.51. The third-order valence-electron chi connectivity index (χ3n) is 11.3. The van der Waals surface area contributed by atoms with Gasteiger partial charge in [0.25, 0.3) is 0 Å². The largest absolute Gasteiger partial charge is 0.453 e. The topological polar surface area (TPSA) is 162 Å². The summed E-state index contributed by atoms with van der Waals surface area (Å²) >= 11 is 0. The number of halogens is 1. The number of likely N-dealkylation sites (tertiary alicyclic amines) is 2. The molecule has 0 aliphatic carbocycles. The lowest BCUT2D eigenvalue weighted by atomic mass is 9.98. The fourth-order valence-corrected chi connectivity index (χ4v) is 8.22. The van der Waals surface area contributed by atoms with Crippen LogP contribution in [-0.4, -0.2) is 88.1 Å². The predicted molar refractivity (Wildman–Crippen MR) is 214 cm³/mol. The van der Waals surface area contributed by atoms with E-state index in [1.165, 1.54) is 20.3 Å². The lowest BCUT2D eigenvalue weighted by molar-refractivity contribution is -0.136. The Morgan fingerprint density at radius 2 is 1.30 bits per heavy atom. The lowest BCUT2D eigenvalue weighted by Gasteiger charge is -2.30. The number of aromatic nitrogens is 3. The molecule has 2 aliphatic heterocycles. The molecule has 0 saturated carbocycles. The summed E-state index contributed by atoms with van der Waals surface area (Å²) in [6.45, 7) is 8.68. The van der Waals surface area contributed by atoms with Crippen molar-refractivity contribution in [3.63, 3.8) is 0 Å². The van der Waals surface area contributed by atoms with Gasteiger partial charge in [0.2, 0.25) is 11.8 Å². The summed E-state index contributed by atoms with van der Waals surface area (Å²) in [4.78, 5) is 66.6. The Labute approximate surface area is 330 Å². The summed E-state index contributed by atoms with van der Waals surface area (Å²) in [6, 6.07) is 16.9. The molecule has 5 aromatic rings. The monoisotopic (exact) mass is 779 g/mol. The maximum absolute atomic E-state index is 16.0. The second-order valence-electron chi connectivity index (χ2n) is 15.7. The number of hydrogen-bond donors (Lipinski definition) is 4. The number of hydrogen-bond acceptors (Lipinski definition) is 7. The molecule has 13 nitrogen and oxygen atoms in total. The first-order valence-corrected chi connectivity index (χ1v) is 19.6. The van der Waals surface area contributed by atoms with Gasteiger partial charge >= 0.3 is 12.2 Å². The molecule has 4 atom stereocenters. The van der Waals surface area contributed by atoms with Crippen LogP contribution < -0.4 is 10.6 Å². The first kappa shape index (κ1) is 39.3. The van der Waals surface area contributed by atoms with Gasteiger partial charge in [-0.05, 0) is 90.6 Å². The van der Waals surface area contributed by atoms with Crippen LogP contribution in [0.4, 0.5) is 14.0 Å². The summed E-state index contributed by atoms with van der Waals surface area (Å²) in [5, 5.41) is 6.28. The average molecular weight is 780 g/mol. The number of imidazole rings is 1. The quantitative estimate of drug-likeness (QED) is 0.114. The number of methoxy groups -OCH3 is 2. The highest BCUT2D eigenvalue weighted by molar-refractivity contribution is 5.89. The van der Waals surface area contributed by atoms with E-state index in [-0.39, 0.29) is 41.6 Å². The minimum absolute atomic E-state index is 0.125. The van der Waals surface area contributed by atoms with E-state index in [0.29, 0.717) is 30.0 Å². The van der Waals surface area contributed by atoms with E-state index < -0.39 is 24.3 Å². The van der Waals surface area contributed by atoms with Crippen molar-refractivity contribution in [3.05, 3.63) is 78.0 Å². The number of benzene rings is 3. The number of nitrogens with one attached hydrogen (secondary N) is 4. The molecule has 2 saturated heterocycles. The standard InChI is InChI=1S/C43H50FN7O6/c1-23(2)37(48-42(54)56-5)40(52)50-17-7-9-35(50)34-22-28-19-27(13-15-31(28)45-34)29-14-11-25(20-30(29)44)26-12-16-32-33(21-26)47-39(46-32)36-10-8-18-51(36)41(53)38(24(3)4)49-43(55)57-6/h11-16,19-24,35-38,45H,7-10,17-18H2,1-6H3,(H,46,47)(H,48,54)(H,49,55)/t35-,36-,37-,38-/m0/s1. The molecule has 300 valence electrons. The number of rotatable bonds is 10. The summed E-state index contributed by atoms with van der Waals surface area (Å²) < 4.78 is 25.5. The van der Waals surface area contributed by atoms with Gasteiger partial charge in [-0.25, -0.2) is 19.0 Å². The Hall–Kier alpha value is -5.92. The van der Waals surface area contributed by atoms with E-state index in [0.717, 1.165) is 64.4 Å². The van der Waals surface area contributed by atoms with Gasteiger partial charge < -0.3 is 39.9 Å². The van der Waals surface area contributed by atoms with Crippen molar-refractivity contribution in [2.45, 2.75) is 77.5 Å². The molecule has 0 unspecified atom stereocenters. The molecule has 2 aromatic heterocycles. The first-order chi connectivity index (χ1) is 27.4. The summed E-state index contributed by atoms with van der Waals surface area (Å²) in [5.41, 5.74) is 5.99. The van der Waals surface area contributed by atoms with Crippen LogP contribution >= 0.6 is 0 Å². The Morgan fingerprint density at radius 1 is 0.719 bits per heavy atom. The highest BCUT2D eigenvalue weighted by atomic mass is 19.1. The van der Waals surface area contributed by atoms with Crippen LogP contribution in [0.15, 0.2) is 60.7 Å². The Bertz CT molecular complexity index is 2320. The molecule has 2 aliphatic rings. The number of fused-ring (bicyclic) bond motifs is 2. The van der Waals surface area contributed by atoms with E-state index >= 15 is 4.39 Å². The molecule has 7 rings (SSSR count). The maximum Gasteiger partial charge on any atom is 0.407 e. The molecule has 4 heterocycles. The van der Waals surface area contributed by atoms with Crippen molar-refractivity contribution >= 4 is 45.9 Å². The molecular formula is C43H50FN7O6. The normalized spacial score (nSPS) is 18.1. The molecule has 0 radical (unpaired) electrons. The average Bonchev–Trinajstić information content (AvgIpc) is 4.03. The van der Waals surface area contributed by atoms with E-state index in [4.69, 9.17) is 14.5 Å². The number of aromatic amines is 2. The zero-order valence-corrected chi connectivity index (χ0v) is 33.1. The van der Waals surface area contributed by atoms with E-state index in [9.17, 15) is 19.2 Å². The van der Waals surface area contributed by atoms with Crippen LogP contribution in [0.5, 0.6) is 0 Å². The maximum atomic E-state index is 16.0. The van der Waals surface area contributed by atoms with Gasteiger partial charge in [-0.3, -0.25) is 9.59 Å². The van der Waals surface area contributed by atoms with Crippen LogP contribution in [0, 0.1) is 17.7 Å². The zero-order chi connectivity index (χ0) is 40.5. The highest BCUT2D eigenvalue weighted by Gasteiger charge is 2.38. The number of carbonyl (C=O) groups is 4. The van der Waals surface area contributed by atoms with Gasteiger partial charge in [0, 0.05) is 35.2 Å². The predicted octanol–water partition coefficient (Wildman–Crippen LogP) is 7.61. The van der Waals surface area contributed by atoms with Crippen LogP contribution in [0.1, 0.15) is 77.0 Å². The molecule has 0 spiro atoms. The highest BCUT2D eigenvalue weighted by Crippen LogP contribution is 2.37. The van der Waals surface area contributed by atoms with Crippen LogP contribution in [-0.2, 0) is 19.1 Å². The third kappa shape index (κ3) is 7.90. The van der Waals surface area contributed by atoms with Crippen molar-refractivity contribution in [2.75, 3.05) is 27.3 Å². The number of amides is 4. The number of carbonyl (C=O) groups excluding carboxylic acids is 4. The molecular weight excluding hydrogens is 730 g/mol. The van der Waals surface area contributed by atoms with Gasteiger partial charge in [-0.2, -0.15) is 0 Å². The Balaban J connectivity index is 1.09. The Kier molecular flexibility index (Phi) is 11.2. The number of H-pyrrole nitrogens is 2.